The average molecular weight is 285 g/mol. The zero-order valence-electron chi connectivity index (χ0n) is 10.8. The molecule has 0 aliphatic rings. The standard InChI is InChI=1S/C12H19N3O3S/c1-9-3-5-10(6-4-9)11(13)12(16)15-7-2-8-19(14,17)18/h3-6,11H,2,7-8,13H2,1H3,(H,15,16)(H2,14,17,18). The van der Waals surface area contributed by atoms with Crippen LogP contribution in [0.2, 0.25) is 0 Å². The van der Waals surface area contributed by atoms with E-state index in [0.717, 1.165) is 11.1 Å². The van der Waals surface area contributed by atoms with E-state index in [1.165, 1.54) is 0 Å². The number of carbonyl (C=O) groups is 1. The van der Waals surface area contributed by atoms with Gasteiger partial charge in [-0.2, -0.15) is 0 Å². The number of aryl methyl sites for hydroxylation is 1. The van der Waals surface area contributed by atoms with Crippen LogP contribution < -0.4 is 16.2 Å². The van der Waals surface area contributed by atoms with Crippen LogP contribution in [0.3, 0.4) is 0 Å². The Hall–Kier alpha value is -1.44. The predicted octanol–water partition coefficient (Wildman–Crippen LogP) is -0.210. The number of amides is 1. The highest BCUT2D eigenvalue weighted by molar-refractivity contribution is 7.89. The van der Waals surface area contributed by atoms with Crippen molar-refractivity contribution in [3.63, 3.8) is 0 Å². The minimum atomic E-state index is -3.48. The average Bonchev–Trinajstić information content (AvgIpc) is 2.33. The molecule has 19 heavy (non-hydrogen) atoms. The number of benzene rings is 1. The minimum absolute atomic E-state index is 0.160. The maximum Gasteiger partial charge on any atom is 0.241 e. The van der Waals surface area contributed by atoms with Gasteiger partial charge in [-0.15, -0.1) is 0 Å². The van der Waals surface area contributed by atoms with Crippen LogP contribution in [-0.2, 0) is 14.8 Å². The maximum absolute atomic E-state index is 11.7. The number of nitrogens with two attached hydrogens (primary N) is 2. The van der Waals surface area contributed by atoms with E-state index in [1.54, 1.807) is 12.1 Å². The predicted molar refractivity (Wildman–Crippen MR) is 73.7 cm³/mol. The third-order valence-corrected chi connectivity index (χ3v) is 3.48. The summed E-state index contributed by atoms with van der Waals surface area (Å²) in [7, 11) is -3.48. The van der Waals surface area contributed by atoms with E-state index in [2.05, 4.69) is 5.32 Å². The SMILES string of the molecule is Cc1ccc(C(N)C(=O)NCCCS(N)(=O)=O)cc1. The molecule has 0 saturated carbocycles. The Kier molecular flexibility index (Phi) is 5.46. The minimum Gasteiger partial charge on any atom is -0.354 e. The van der Waals surface area contributed by atoms with Gasteiger partial charge in [0, 0.05) is 6.54 Å². The lowest BCUT2D eigenvalue weighted by Gasteiger charge is -2.12. The molecule has 1 unspecified atom stereocenters. The first kappa shape index (κ1) is 15.6. The van der Waals surface area contributed by atoms with Crippen LogP contribution in [0.15, 0.2) is 24.3 Å². The molecule has 7 heteroatoms. The van der Waals surface area contributed by atoms with Crippen molar-refractivity contribution in [2.45, 2.75) is 19.4 Å². The molecule has 0 aromatic heterocycles. The van der Waals surface area contributed by atoms with Crippen LogP contribution >= 0.6 is 0 Å². The molecule has 1 atom stereocenters. The molecular weight excluding hydrogens is 266 g/mol. The number of rotatable bonds is 6. The summed E-state index contributed by atoms with van der Waals surface area (Å²) in [6.45, 7) is 2.18. The number of primary sulfonamides is 1. The van der Waals surface area contributed by atoms with Crippen LogP contribution in [0.1, 0.15) is 23.6 Å². The maximum atomic E-state index is 11.7. The van der Waals surface area contributed by atoms with Gasteiger partial charge in [0.2, 0.25) is 15.9 Å². The molecule has 0 bridgehead atoms. The third kappa shape index (κ3) is 5.82. The van der Waals surface area contributed by atoms with Crippen molar-refractivity contribution < 1.29 is 13.2 Å². The second kappa shape index (κ2) is 6.65. The molecular formula is C12H19N3O3S. The Morgan fingerprint density at radius 3 is 2.42 bits per heavy atom. The molecule has 0 aliphatic heterocycles. The smallest absolute Gasteiger partial charge is 0.241 e. The summed E-state index contributed by atoms with van der Waals surface area (Å²) in [5.74, 6) is -0.495. The van der Waals surface area contributed by atoms with Crippen molar-refractivity contribution in [1.29, 1.82) is 0 Å². The lowest BCUT2D eigenvalue weighted by atomic mass is 10.1. The Morgan fingerprint density at radius 1 is 1.32 bits per heavy atom. The van der Waals surface area contributed by atoms with E-state index < -0.39 is 16.1 Å². The largest absolute Gasteiger partial charge is 0.354 e. The summed E-state index contributed by atoms with van der Waals surface area (Å²) in [6, 6.07) is 6.59. The fraction of sp³-hybridized carbons (Fsp3) is 0.417. The summed E-state index contributed by atoms with van der Waals surface area (Å²) in [6.07, 6.45) is 0.269. The summed E-state index contributed by atoms with van der Waals surface area (Å²) in [5, 5.41) is 7.44. The molecule has 6 nitrogen and oxygen atoms in total. The van der Waals surface area contributed by atoms with Gasteiger partial charge in [0.25, 0.3) is 0 Å². The molecule has 0 spiro atoms. The van der Waals surface area contributed by atoms with Gasteiger partial charge >= 0.3 is 0 Å². The summed E-state index contributed by atoms with van der Waals surface area (Å²) < 4.78 is 21.4. The van der Waals surface area contributed by atoms with Crippen molar-refractivity contribution in [1.82, 2.24) is 5.32 Å². The molecule has 1 aromatic carbocycles. The number of sulfonamides is 1. The van der Waals surface area contributed by atoms with Gasteiger partial charge in [-0.25, -0.2) is 13.6 Å². The topological polar surface area (TPSA) is 115 Å². The molecule has 5 N–H and O–H groups in total. The van der Waals surface area contributed by atoms with Crippen molar-refractivity contribution in [2.75, 3.05) is 12.3 Å². The molecule has 0 fully saturated rings. The van der Waals surface area contributed by atoms with Gasteiger partial charge in [0.1, 0.15) is 6.04 Å². The van der Waals surface area contributed by atoms with E-state index in [1.807, 2.05) is 19.1 Å². The van der Waals surface area contributed by atoms with Gasteiger partial charge in [-0.05, 0) is 18.9 Å². The first-order valence-corrected chi connectivity index (χ1v) is 7.61. The molecule has 106 valence electrons. The molecule has 0 aliphatic carbocycles. The third-order valence-electron chi connectivity index (χ3n) is 2.62. The highest BCUT2D eigenvalue weighted by Crippen LogP contribution is 2.11. The number of nitrogens with one attached hydrogen (secondary N) is 1. The molecule has 0 radical (unpaired) electrons. The van der Waals surface area contributed by atoms with Crippen LogP contribution in [-0.4, -0.2) is 26.6 Å². The van der Waals surface area contributed by atoms with Crippen molar-refractivity contribution in [3.05, 3.63) is 35.4 Å². The first-order valence-electron chi connectivity index (χ1n) is 5.90. The van der Waals surface area contributed by atoms with E-state index in [-0.39, 0.29) is 24.6 Å². The normalized spacial score (nSPS) is 13.0. The van der Waals surface area contributed by atoms with Crippen molar-refractivity contribution >= 4 is 15.9 Å². The lowest BCUT2D eigenvalue weighted by molar-refractivity contribution is -0.122. The monoisotopic (exact) mass is 285 g/mol. The molecule has 0 saturated heterocycles. The molecule has 1 rings (SSSR count). The Morgan fingerprint density at radius 2 is 1.89 bits per heavy atom. The number of hydrogen-bond acceptors (Lipinski definition) is 4. The second-order valence-corrected chi connectivity index (χ2v) is 6.13. The fourth-order valence-corrected chi connectivity index (χ4v) is 2.07. The lowest BCUT2D eigenvalue weighted by Crippen LogP contribution is -2.35. The highest BCUT2D eigenvalue weighted by atomic mass is 32.2. The van der Waals surface area contributed by atoms with Crippen LogP contribution in [0.4, 0.5) is 0 Å². The van der Waals surface area contributed by atoms with Crippen LogP contribution in [0.25, 0.3) is 0 Å². The van der Waals surface area contributed by atoms with E-state index in [0.29, 0.717) is 0 Å². The highest BCUT2D eigenvalue weighted by Gasteiger charge is 2.15. The Bertz CT molecular complexity index is 526. The summed E-state index contributed by atoms with van der Waals surface area (Å²) in [4.78, 5) is 11.7. The van der Waals surface area contributed by atoms with Gasteiger partial charge < -0.3 is 11.1 Å². The molecule has 1 amide bonds. The molecule has 0 heterocycles. The van der Waals surface area contributed by atoms with Gasteiger partial charge in [-0.1, -0.05) is 29.8 Å². The summed E-state index contributed by atoms with van der Waals surface area (Å²) >= 11 is 0. The van der Waals surface area contributed by atoms with E-state index in [9.17, 15) is 13.2 Å². The van der Waals surface area contributed by atoms with Crippen LogP contribution in [0, 0.1) is 6.92 Å². The van der Waals surface area contributed by atoms with E-state index >= 15 is 0 Å². The fourth-order valence-electron chi connectivity index (χ4n) is 1.52. The zero-order chi connectivity index (χ0) is 14.5. The first-order chi connectivity index (χ1) is 8.79. The zero-order valence-corrected chi connectivity index (χ0v) is 11.6. The summed E-state index contributed by atoms with van der Waals surface area (Å²) in [5.41, 5.74) is 7.61. The van der Waals surface area contributed by atoms with Gasteiger partial charge in [0.15, 0.2) is 0 Å². The van der Waals surface area contributed by atoms with Gasteiger partial charge in [0.05, 0.1) is 5.75 Å². The Balaban J connectivity index is 2.43. The Labute approximate surface area is 113 Å². The quantitative estimate of drug-likeness (QED) is 0.627. The van der Waals surface area contributed by atoms with Crippen molar-refractivity contribution in [2.24, 2.45) is 10.9 Å². The number of carbonyl (C=O) groups excluding carboxylic acids is 1. The second-order valence-electron chi connectivity index (χ2n) is 4.40. The number of hydrogen-bond donors (Lipinski definition) is 3. The van der Waals surface area contributed by atoms with Crippen molar-refractivity contribution in [3.8, 4) is 0 Å². The van der Waals surface area contributed by atoms with E-state index in [4.69, 9.17) is 10.9 Å². The van der Waals surface area contributed by atoms with Gasteiger partial charge in [-0.3, -0.25) is 4.79 Å². The van der Waals surface area contributed by atoms with Crippen LogP contribution in [0.5, 0.6) is 0 Å². The molecule has 1 aromatic rings.